The van der Waals surface area contributed by atoms with E-state index in [-0.39, 0.29) is 0 Å². The van der Waals surface area contributed by atoms with Crippen LogP contribution in [0.5, 0.6) is 0 Å². The van der Waals surface area contributed by atoms with E-state index in [4.69, 9.17) is 4.42 Å². The first-order chi connectivity index (χ1) is 30.7. The van der Waals surface area contributed by atoms with Crippen LogP contribution in [0.25, 0.3) is 87.6 Å². The molecule has 0 radical (unpaired) electrons. The first-order valence-corrected chi connectivity index (χ1v) is 22.2. The second kappa shape index (κ2) is 15.2. The molecule has 0 amide bonds. The van der Waals surface area contributed by atoms with Crippen LogP contribution in [-0.4, -0.2) is 0 Å². The van der Waals surface area contributed by atoms with Gasteiger partial charge in [0.15, 0.2) is 0 Å². The lowest BCUT2D eigenvalue weighted by Crippen LogP contribution is -2.12. The molecule has 0 saturated heterocycles. The molecule has 12 rings (SSSR count). The summed E-state index contributed by atoms with van der Waals surface area (Å²) >= 11 is 0. The molecular weight excluding hydrogens is 751 g/mol. The molecule has 296 valence electrons. The molecule has 11 aromatic rings. The topological polar surface area (TPSA) is 16.4 Å². The van der Waals surface area contributed by atoms with Gasteiger partial charge < -0.3 is 9.32 Å². The van der Waals surface area contributed by atoms with E-state index in [9.17, 15) is 0 Å². The Morgan fingerprint density at radius 3 is 1.87 bits per heavy atom. The fourth-order valence-corrected chi connectivity index (χ4v) is 10.5. The number of anilines is 3. The summed E-state index contributed by atoms with van der Waals surface area (Å²) in [5.41, 5.74) is 13.8. The van der Waals surface area contributed by atoms with Crippen LogP contribution >= 0.6 is 0 Å². The summed E-state index contributed by atoms with van der Waals surface area (Å²) in [4.78, 5) is 2.48. The highest BCUT2D eigenvalue weighted by atomic mass is 16.3. The Bertz CT molecular complexity index is 3470. The van der Waals surface area contributed by atoms with Gasteiger partial charge in [-0.15, -0.1) is 0 Å². The van der Waals surface area contributed by atoms with Crippen molar-refractivity contribution < 1.29 is 4.42 Å². The second-order valence-electron chi connectivity index (χ2n) is 17.0. The monoisotopic (exact) mass is 795 g/mol. The maximum Gasteiger partial charge on any atom is 0.136 e. The molecule has 0 spiro atoms. The van der Waals surface area contributed by atoms with Gasteiger partial charge in [-0.3, -0.25) is 0 Å². The summed E-state index contributed by atoms with van der Waals surface area (Å²) in [7, 11) is 0. The third kappa shape index (κ3) is 6.25. The maximum atomic E-state index is 6.38. The lowest BCUT2D eigenvalue weighted by molar-refractivity contribution is 0.445. The lowest BCUT2D eigenvalue weighted by Gasteiger charge is -2.30. The van der Waals surface area contributed by atoms with Crippen LogP contribution in [0.3, 0.4) is 0 Å². The maximum absolute atomic E-state index is 6.38. The van der Waals surface area contributed by atoms with Crippen molar-refractivity contribution in [2.24, 2.45) is 0 Å². The van der Waals surface area contributed by atoms with E-state index in [0.29, 0.717) is 5.92 Å². The van der Waals surface area contributed by atoms with Gasteiger partial charge in [-0.2, -0.15) is 0 Å². The Hall–Kier alpha value is -7.42. The van der Waals surface area contributed by atoms with Gasteiger partial charge in [0.05, 0.1) is 5.69 Å². The zero-order chi connectivity index (χ0) is 41.0. The number of furan rings is 1. The SMILES string of the molecule is c1cc(-c2ccc3c(c2)oc2ccccc23)cc(N(c2cccc(-c3cccc4c3ccc3ccccc34)c2)c2ccccc2-c2cccc3cccc(C4CCCCC4)c23)c1. The molecule has 2 heteroatoms. The number of rotatable bonds is 7. The number of hydrogen-bond donors (Lipinski definition) is 0. The lowest BCUT2D eigenvalue weighted by atomic mass is 9.80. The minimum Gasteiger partial charge on any atom is -0.456 e. The Kier molecular flexibility index (Phi) is 8.96. The molecular formula is C60H45NO. The fourth-order valence-electron chi connectivity index (χ4n) is 10.5. The summed E-state index contributed by atoms with van der Waals surface area (Å²) in [6.07, 6.45) is 6.45. The molecule has 2 nitrogen and oxygen atoms in total. The van der Waals surface area contributed by atoms with Crippen LogP contribution in [0.2, 0.25) is 0 Å². The van der Waals surface area contributed by atoms with Gasteiger partial charge in [0.2, 0.25) is 0 Å². The van der Waals surface area contributed by atoms with E-state index in [0.717, 1.165) is 50.1 Å². The molecule has 62 heavy (non-hydrogen) atoms. The van der Waals surface area contributed by atoms with Crippen LogP contribution in [-0.2, 0) is 0 Å². The second-order valence-corrected chi connectivity index (χ2v) is 17.0. The Morgan fingerprint density at radius 2 is 0.984 bits per heavy atom. The summed E-state index contributed by atoms with van der Waals surface area (Å²) in [6.45, 7) is 0. The van der Waals surface area contributed by atoms with Crippen molar-refractivity contribution in [3.8, 4) is 33.4 Å². The van der Waals surface area contributed by atoms with Gasteiger partial charge in [-0.1, -0.05) is 177 Å². The molecule has 1 aliphatic rings. The van der Waals surface area contributed by atoms with Crippen LogP contribution in [0.4, 0.5) is 17.1 Å². The summed E-state index contributed by atoms with van der Waals surface area (Å²) in [5, 5.41) is 10.0. The Morgan fingerprint density at radius 1 is 0.371 bits per heavy atom. The largest absolute Gasteiger partial charge is 0.456 e. The molecule has 1 heterocycles. The molecule has 0 atom stereocenters. The van der Waals surface area contributed by atoms with Crippen LogP contribution in [0, 0.1) is 0 Å². The Balaban J connectivity index is 1.06. The number of benzene rings is 10. The van der Waals surface area contributed by atoms with Crippen molar-refractivity contribution in [2.75, 3.05) is 4.90 Å². The van der Waals surface area contributed by atoms with E-state index in [1.54, 1.807) is 0 Å². The third-order valence-corrected chi connectivity index (χ3v) is 13.4. The Labute approximate surface area is 362 Å². The third-order valence-electron chi connectivity index (χ3n) is 13.4. The van der Waals surface area contributed by atoms with Crippen molar-refractivity contribution in [1.82, 2.24) is 0 Å². The van der Waals surface area contributed by atoms with Crippen molar-refractivity contribution >= 4 is 71.3 Å². The van der Waals surface area contributed by atoms with Gasteiger partial charge in [0, 0.05) is 27.7 Å². The smallest absolute Gasteiger partial charge is 0.136 e. The predicted octanol–water partition coefficient (Wildman–Crippen LogP) is 17.6. The van der Waals surface area contributed by atoms with Crippen molar-refractivity contribution in [2.45, 2.75) is 38.0 Å². The zero-order valence-electron chi connectivity index (χ0n) is 34.6. The molecule has 1 aliphatic carbocycles. The highest BCUT2D eigenvalue weighted by molar-refractivity contribution is 6.12. The zero-order valence-corrected chi connectivity index (χ0v) is 34.6. The highest BCUT2D eigenvalue weighted by Crippen LogP contribution is 2.47. The number of nitrogens with zero attached hydrogens (tertiary/aromatic N) is 1. The predicted molar refractivity (Wildman–Crippen MR) is 263 cm³/mol. The van der Waals surface area contributed by atoms with E-state index in [1.807, 2.05) is 12.1 Å². The van der Waals surface area contributed by atoms with Crippen LogP contribution in [0.1, 0.15) is 43.6 Å². The van der Waals surface area contributed by atoms with Crippen molar-refractivity contribution in [3.05, 3.63) is 212 Å². The van der Waals surface area contributed by atoms with Gasteiger partial charge in [-0.05, 0) is 133 Å². The van der Waals surface area contributed by atoms with E-state index >= 15 is 0 Å². The molecule has 1 fully saturated rings. The molecule has 0 aliphatic heterocycles. The molecule has 10 aromatic carbocycles. The van der Waals surface area contributed by atoms with Gasteiger partial charge in [0.1, 0.15) is 11.2 Å². The molecule has 1 aromatic heterocycles. The molecule has 0 unspecified atom stereocenters. The van der Waals surface area contributed by atoms with E-state index in [1.165, 1.54) is 92.2 Å². The van der Waals surface area contributed by atoms with E-state index in [2.05, 4.69) is 199 Å². The van der Waals surface area contributed by atoms with E-state index < -0.39 is 0 Å². The fraction of sp³-hybridized carbons (Fsp3) is 0.100. The minimum absolute atomic E-state index is 0.576. The normalized spacial score (nSPS) is 13.4. The van der Waals surface area contributed by atoms with Gasteiger partial charge >= 0.3 is 0 Å². The average molecular weight is 796 g/mol. The van der Waals surface area contributed by atoms with Gasteiger partial charge in [-0.25, -0.2) is 0 Å². The number of para-hydroxylation sites is 2. The molecule has 1 saturated carbocycles. The number of fused-ring (bicyclic) bond motifs is 7. The average Bonchev–Trinajstić information content (AvgIpc) is 3.72. The van der Waals surface area contributed by atoms with Crippen LogP contribution < -0.4 is 4.90 Å². The summed E-state index contributed by atoms with van der Waals surface area (Å²) in [5.74, 6) is 0.576. The van der Waals surface area contributed by atoms with Gasteiger partial charge in [0.25, 0.3) is 0 Å². The molecule has 0 bridgehead atoms. The standard InChI is InChI=1S/C60H45NO/c1-2-15-40(16-3-1)50-28-12-18-42-19-13-30-56(60(42)50)53-25-6-8-31-57(53)61(46-22-10-20-43(37-46)44-34-36-55-54-26-7-9-32-58(54)62-59(55)39-44)47-23-11-21-45(38-47)49-27-14-29-51-48-24-5-4-17-41(48)33-35-52(49)51/h4-14,17-40H,1-3,15-16H2. The summed E-state index contributed by atoms with van der Waals surface area (Å²) in [6, 6.07) is 75.9. The minimum atomic E-state index is 0.576. The van der Waals surface area contributed by atoms with Crippen molar-refractivity contribution in [3.63, 3.8) is 0 Å². The van der Waals surface area contributed by atoms with Crippen LogP contribution in [0.15, 0.2) is 211 Å². The highest BCUT2D eigenvalue weighted by Gasteiger charge is 2.23. The molecule has 0 N–H and O–H groups in total. The summed E-state index contributed by atoms with van der Waals surface area (Å²) < 4.78 is 6.38. The van der Waals surface area contributed by atoms with Crippen molar-refractivity contribution in [1.29, 1.82) is 0 Å². The first-order valence-electron chi connectivity index (χ1n) is 22.2. The number of hydrogen-bond acceptors (Lipinski definition) is 2. The first kappa shape index (κ1) is 36.4. The quantitative estimate of drug-likeness (QED) is 0.149.